The van der Waals surface area contributed by atoms with Crippen LogP contribution in [0, 0.1) is 0 Å². The van der Waals surface area contributed by atoms with Gasteiger partial charge in [0.25, 0.3) is 0 Å². The molecule has 1 unspecified atom stereocenters. The summed E-state index contributed by atoms with van der Waals surface area (Å²) in [5.41, 5.74) is 0. The molecule has 3 aromatic carbocycles. The van der Waals surface area contributed by atoms with Crippen LogP contribution in [0.4, 0.5) is 0 Å². The van der Waals surface area contributed by atoms with Gasteiger partial charge in [-0.05, 0) is 16.1 Å². The first-order valence-electron chi connectivity index (χ1n) is 9.45. The van der Waals surface area contributed by atoms with E-state index in [0.717, 1.165) is 0 Å². The van der Waals surface area contributed by atoms with Gasteiger partial charge in [0.05, 0.1) is 9.52 Å². The standard InChI is InChI=1S/C24H24SSi2/c1-24(23-18-11-19-25-23,26-20-12-5-2-6-13-20)27(21-14-7-3-8-15-21)22-16-9-4-10-17-22/h2-19,27H,26H2,1H3. The monoisotopic (exact) mass is 400 g/mol. The topological polar surface area (TPSA) is 0 Å². The number of benzene rings is 3. The fraction of sp³-hybridized carbons (Fsp3) is 0.0833. The molecule has 0 nitrogen and oxygen atoms in total. The summed E-state index contributed by atoms with van der Waals surface area (Å²) in [5, 5.41) is 6.89. The maximum absolute atomic E-state index is 2.55. The van der Waals surface area contributed by atoms with E-state index < -0.39 is 18.3 Å². The minimum absolute atomic E-state index is 0.248. The Balaban J connectivity index is 1.89. The molecule has 4 rings (SSSR count). The molecular weight excluding hydrogens is 377 g/mol. The van der Waals surface area contributed by atoms with E-state index in [0.29, 0.717) is 0 Å². The van der Waals surface area contributed by atoms with Crippen LogP contribution in [0.25, 0.3) is 0 Å². The summed E-state index contributed by atoms with van der Waals surface area (Å²) < 4.78 is 0.248. The van der Waals surface area contributed by atoms with Crippen molar-refractivity contribution < 1.29 is 0 Å². The molecule has 0 amide bonds. The molecule has 27 heavy (non-hydrogen) atoms. The van der Waals surface area contributed by atoms with Crippen molar-refractivity contribution in [1.29, 1.82) is 0 Å². The van der Waals surface area contributed by atoms with Crippen LogP contribution in [0.15, 0.2) is 109 Å². The molecule has 4 aromatic rings. The van der Waals surface area contributed by atoms with Gasteiger partial charge < -0.3 is 0 Å². The van der Waals surface area contributed by atoms with E-state index in [1.807, 2.05) is 11.3 Å². The van der Waals surface area contributed by atoms with Crippen LogP contribution in [-0.4, -0.2) is 18.3 Å². The lowest BCUT2D eigenvalue weighted by molar-refractivity contribution is 0.969. The molecule has 0 bridgehead atoms. The van der Waals surface area contributed by atoms with Crippen molar-refractivity contribution in [3.63, 3.8) is 0 Å². The molecule has 1 atom stereocenters. The molecule has 0 aliphatic carbocycles. The molecule has 0 aliphatic rings. The van der Waals surface area contributed by atoms with Gasteiger partial charge in [-0.25, -0.2) is 0 Å². The third kappa shape index (κ3) is 3.91. The van der Waals surface area contributed by atoms with Crippen LogP contribution < -0.4 is 15.6 Å². The Hall–Kier alpha value is -2.21. The fourth-order valence-electron chi connectivity index (χ4n) is 4.17. The predicted octanol–water partition coefficient (Wildman–Crippen LogP) is 3.04. The molecule has 1 heterocycles. The third-order valence-electron chi connectivity index (χ3n) is 5.40. The number of thiophene rings is 1. The zero-order chi connectivity index (χ0) is 18.5. The number of hydrogen-bond donors (Lipinski definition) is 0. The minimum Gasteiger partial charge on any atom is -0.149 e. The molecule has 0 saturated heterocycles. The SMILES string of the molecule is CC([SiH2]c1ccccc1)(c1cccs1)[SiH](c1ccccc1)c1ccccc1. The lowest BCUT2D eigenvalue weighted by atomic mass is 10.3. The Labute approximate surface area is 170 Å². The van der Waals surface area contributed by atoms with Crippen molar-refractivity contribution in [1.82, 2.24) is 0 Å². The van der Waals surface area contributed by atoms with Crippen LogP contribution in [0.1, 0.15) is 11.8 Å². The van der Waals surface area contributed by atoms with Crippen molar-refractivity contribution in [2.75, 3.05) is 0 Å². The molecule has 0 radical (unpaired) electrons. The summed E-state index contributed by atoms with van der Waals surface area (Å²) in [7, 11) is -2.00. The zero-order valence-electron chi connectivity index (χ0n) is 15.6. The van der Waals surface area contributed by atoms with Crippen LogP contribution >= 0.6 is 11.3 Å². The Morgan fingerprint density at radius 2 is 1.19 bits per heavy atom. The second-order valence-corrected chi connectivity index (χ2v) is 15.2. The average molecular weight is 401 g/mol. The first-order chi connectivity index (χ1) is 13.3. The van der Waals surface area contributed by atoms with Gasteiger partial charge in [0.1, 0.15) is 8.80 Å². The first-order valence-corrected chi connectivity index (χ1v) is 13.5. The summed E-state index contributed by atoms with van der Waals surface area (Å²) in [5.74, 6) is 0. The normalized spacial score (nSPS) is 13.9. The smallest absolute Gasteiger partial charge is 0.111 e. The summed E-state index contributed by atoms with van der Waals surface area (Å²) in [6, 6.07) is 38.3. The van der Waals surface area contributed by atoms with Gasteiger partial charge in [-0.15, -0.1) is 11.3 Å². The van der Waals surface area contributed by atoms with Crippen molar-refractivity contribution >= 4 is 45.2 Å². The second kappa shape index (κ2) is 8.21. The van der Waals surface area contributed by atoms with E-state index in [9.17, 15) is 0 Å². The highest BCUT2D eigenvalue weighted by atomic mass is 32.1. The highest BCUT2D eigenvalue weighted by Crippen LogP contribution is 2.30. The lowest BCUT2D eigenvalue weighted by Gasteiger charge is -2.37. The Bertz CT molecular complexity index is 914. The summed E-state index contributed by atoms with van der Waals surface area (Å²) >= 11 is 1.94. The molecule has 1 aromatic heterocycles. The van der Waals surface area contributed by atoms with Crippen LogP contribution in [-0.2, 0) is 4.66 Å². The van der Waals surface area contributed by atoms with E-state index >= 15 is 0 Å². The van der Waals surface area contributed by atoms with Gasteiger partial charge in [-0.2, -0.15) is 0 Å². The second-order valence-electron chi connectivity index (χ2n) is 7.31. The fourth-order valence-corrected chi connectivity index (χ4v) is 14.0. The highest BCUT2D eigenvalue weighted by Gasteiger charge is 2.40. The molecule has 0 fully saturated rings. The van der Waals surface area contributed by atoms with E-state index in [1.54, 1.807) is 20.4 Å². The lowest BCUT2D eigenvalue weighted by Crippen LogP contribution is -2.61. The number of rotatable bonds is 6. The summed E-state index contributed by atoms with van der Waals surface area (Å²) in [6.07, 6.45) is 0. The molecular formula is C24H24SSi2. The molecule has 0 N–H and O–H groups in total. The van der Waals surface area contributed by atoms with Gasteiger partial charge in [-0.3, -0.25) is 0 Å². The Morgan fingerprint density at radius 3 is 1.67 bits per heavy atom. The van der Waals surface area contributed by atoms with Gasteiger partial charge in [-0.1, -0.05) is 120 Å². The van der Waals surface area contributed by atoms with Crippen LogP contribution in [0.5, 0.6) is 0 Å². The van der Waals surface area contributed by atoms with Gasteiger partial charge in [0, 0.05) is 4.88 Å². The largest absolute Gasteiger partial charge is 0.149 e. The van der Waals surface area contributed by atoms with Crippen LogP contribution in [0.3, 0.4) is 0 Å². The minimum atomic E-state index is -1.47. The van der Waals surface area contributed by atoms with Gasteiger partial charge in [0.2, 0.25) is 0 Å². The molecule has 3 heteroatoms. The molecule has 0 aliphatic heterocycles. The van der Waals surface area contributed by atoms with Crippen molar-refractivity contribution in [2.45, 2.75) is 11.6 Å². The van der Waals surface area contributed by atoms with Crippen molar-refractivity contribution in [3.05, 3.63) is 113 Å². The van der Waals surface area contributed by atoms with Crippen molar-refractivity contribution in [2.24, 2.45) is 0 Å². The van der Waals surface area contributed by atoms with Gasteiger partial charge in [0.15, 0.2) is 0 Å². The maximum atomic E-state index is 2.55. The molecule has 0 spiro atoms. The average Bonchev–Trinajstić information content (AvgIpc) is 3.26. The number of hydrogen-bond acceptors (Lipinski definition) is 1. The Morgan fingerprint density at radius 1 is 0.667 bits per heavy atom. The van der Waals surface area contributed by atoms with Crippen LogP contribution in [0.2, 0.25) is 0 Å². The van der Waals surface area contributed by atoms with Crippen molar-refractivity contribution in [3.8, 4) is 0 Å². The van der Waals surface area contributed by atoms with Gasteiger partial charge >= 0.3 is 0 Å². The van der Waals surface area contributed by atoms with E-state index in [2.05, 4.69) is 115 Å². The third-order valence-corrected chi connectivity index (χ3v) is 14.5. The van der Waals surface area contributed by atoms with E-state index in [-0.39, 0.29) is 4.66 Å². The zero-order valence-corrected chi connectivity index (χ0v) is 19.0. The first kappa shape index (κ1) is 18.2. The highest BCUT2D eigenvalue weighted by molar-refractivity contribution is 7.12. The summed E-state index contributed by atoms with van der Waals surface area (Å²) in [6.45, 7) is 2.55. The van der Waals surface area contributed by atoms with E-state index in [4.69, 9.17) is 0 Å². The maximum Gasteiger partial charge on any atom is 0.111 e. The molecule has 0 saturated carbocycles. The van der Waals surface area contributed by atoms with E-state index in [1.165, 1.54) is 0 Å². The summed E-state index contributed by atoms with van der Waals surface area (Å²) in [4.78, 5) is 1.56. The quantitative estimate of drug-likeness (QED) is 0.437. The molecule has 134 valence electrons. The predicted molar refractivity (Wildman–Crippen MR) is 126 cm³/mol. The Kier molecular flexibility index (Phi) is 5.53.